The van der Waals surface area contributed by atoms with Gasteiger partial charge in [-0.2, -0.15) is 0 Å². The Balaban J connectivity index is 2.54. The van der Waals surface area contributed by atoms with Crippen LogP contribution in [0.15, 0.2) is 24.3 Å². The number of rotatable bonds is 7. The maximum Gasteiger partial charge on any atom is 0.241 e. The van der Waals surface area contributed by atoms with Crippen molar-refractivity contribution >= 4 is 17.5 Å². The fourth-order valence-electron chi connectivity index (χ4n) is 1.83. The standard InChI is InChI=1S/C15H23N3O2/c1-3-5-13(16)15(20)18-12-8-6-11(7-9-12)10-14(19)17-4-2/h6-9,13H,3-5,10,16H2,1-2H3,(H,17,19)(H,18,20)/t13-/m1/s1. The van der Waals surface area contributed by atoms with Gasteiger partial charge in [0.25, 0.3) is 0 Å². The molecule has 0 heterocycles. The van der Waals surface area contributed by atoms with E-state index in [4.69, 9.17) is 5.73 Å². The largest absolute Gasteiger partial charge is 0.356 e. The van der Waals surface area contributed by atoms with Gasteiger partial charge in [0, 0.05) is 12.2 Å². The molecule has 0 unspecified atom stereocenters. The highest BCUT2D eigenvalue weighted by atomic mass is 16.2. The Morgan fingerprint density at radius 2 is 1.85 bits per heavy atom. The highest BCUT2D eigenvalue weighted by molar-refractivity contribution is 5.94. The van der Waals surface area contributed by atoms with Gasteiger partial charge in [0.1, 0.15) is 0 Å². The van der Waals surface area contributed by atoms with Gasteiger partial charge < -0.3 is 16.4 Å². The van der Waals surface area contributed by atoms with Crippen molar-refractivity contribution in [1.29, 1.82) is 0 Å². The Hall–Kier alpha value is -1.88. The normalized spacial score (nSPS) is 11.8. The summed E-state index contributed by atoms with van der Waals surface area (Å²) in [4.78, 5) is 23.2. The molecule has 0 spiro atoms. The lowest BCUT2D eigenvalue weighted by Gasteiger charge is -2.11. The van der Waals surface area contributed by atoms with Gasteiger partial charge in [-0.25, -0.2) is 0 Å². The summed E-state index contributed by atoms with van der Waals surface area (Å²) < 4.78 is 0. The first kappa shape index (κ1) is 16.2. The molecule has 0 radical (unpaired) electrons. The van der Waals surface area contributed by atoms with E-state index in [1.165, 1.54) is 0 Å². The van der Waals surface area contributed by atoms with Crippen molar-refractivity contribution in [3.8, 4) is 0 Å². The number of anilines is 1. The van der Waals surface area contributed by atoms with Gasteiger partial charge in [-0.05, 0) is 31.0 Å². The lowest BCUT2D eigenvalue weighted by atomic mass is 10.1. The van der Waals surface area contributed by atoms with E-state index in [9.17, 15) is 9.59 Å². The molecule has 4 N–H and O–H groups in total. The third-order valence-electron chi connectivity index (χ3n) is 2.90. The van der Waals surface area contributed by atoms with Crippen LogP contribution in [0.1, 0.15) is 32.3 Å². The lowest BCUT2D eigenvalue weighted by molar-refractivity contribution is -0.120. The third kappa shape index (κ3) is 5.40. The zero-order valence-electron chi connectivity index (χ0n) is 12.1. The molecule has 0 aliphatic heterocycles. The Morgan fingerprint density at radius 1 is 1.20 bits per heavy atom. The number of hydrogen-bond donors (Lipinski definition) is 3. The summed E-state index contributed by atoms with van der Waals surface area (Å²) in [6.07, 6.45) is 1.89. The van der Waals surface area contributed by atoms with E-state index in [1.807, 2.05) is 26.0 Å². The molecule has 0 aliphatic rings. The van der Waals surface area contributed by atoms with Gasteiger partial charge >= 0.3 is 0 Å². The Labute approximate surface area is 119 Å². The summed E-state index contributed by atoms with van der Waals surface area (Å²) in [5.41, 5.74) is 7.34. The second-order valence-electron chi connectivity index (χ2n) is 4.71. The molecule has 1 atom stereocenters. The quantitative estimate of drug-likeness (QED) is 0.705. The number of nitrogens with two attached hydrogens (primary N) is 1. The van der Waals surface area contributed by atoms with Gasteiger partial charge in [-0.1, -0.05) is 25.5 Å². The molecule has 1 rings (SSSR count). The van der Waals surface area contributed by atoms with Crippen LogP contribution in [-0.2, 0) is 16.0 Å². The second-order valence-corrected chi connectivity index (χ2v) is 4.71. The van der Waals surface area contributed by atoms with Crippen LogP contribution in [0, 0.1) is 0 Å². The zero-order valence-corrected chi connectivity index (χ0v) is 12.1. The van der Waals surface area contributed by atoms with Crippen molar-refractivity contribution in [2.75, 3.05) is 11.9 Å². The SMILES string of the molecule is CCC[C@@H](N)C(=O)Nc1ccc(CC(=O)NCC)cc1. The van der Waals surface area contributed by atoms with Crippen molar-refractivity contribution in [3.05, 3.63) is 29.8 Å². The molecule has 0 saturated carbocycles. The molecule has 0 bridgehead atoms. The van der Waals surface area contributed by atoms with Crippen molar-refractivity contribution < 1.29 is 9.59 Å². The summed E-state index contributed by atoms with van der Waals surface area (Å²) in [5, 5.41) is 5.51. The average molecular weight is 277 g/mol. The number of carbonyl (C=O) groups is 2. The molecule has 0 aliphatic carbocycles. The molecular weight excluding hydrogens is 254 g/mol. The predicted molar refractivity (Wildman–Crippen MR) is 80.3 cm³/mol. The highest BCUT2D eigenvalue weighted by Gasteiger charge is 2.12. The molecule has 2 amide bonds. The minimum absolute atomic E-state index is 0.00532. The van der Waals surface area contributed by atoms with Gasteiger partial charge in [-0.15, -0.1) is 0 Å². The van der Waals surface area contributed by atoms with E-state index in [-0.39, 0.29) is 11.8 Å². The molecule has 0 saturated heterocycles. The van der Waals surface area contributed by atoms with E-state index in [0.717, 1.165) is 12.0 Å². The average Bonchev–Trinajstić information content (AvgIpc) is 2.41. The summed E-state index contributed by atoms with van der Waals surface area (Å²) in [6, 6.07) is 6.75. The number of nitrogens with one attached hydrogen (secondary N) is 2. The first-order valence-electron chi connectivity index (χ1n) is 6.98. The van der Waals surface area contributed by atoms with E-state index in [1.54, 1.807) is 12.1 Å². The maximum atomic E-state index is 11.8. The van der Waals surface area contributed by atoms with Crippen LogP contribution in [0.5, 0.6) is 0 Å². The highest BCUT2D eigenvalue weighted by Crippen LogP contribution is 2.11. The second kappa shape index (κ2) is 8.32. The zero-order chi connectivity index (χ0) is 15.0. The summed E-state index contributed by atoms with van der Waals surface area (Å²) >= 11 is 0. The Kier molecular flexibility index (Phi) is 6.73. The maximum absolute atomic E-state index is 11.8. The van der Waals surface area contributed by atoms with Gasteiger partial charge in [0.2, 0.25) is 11.8 Å². The van der Waals surface area contributed by atoms with Crippen LogP contribution in [0.25, 0.3) is 0 Å². The van der Waals surface area contributed by atoms with Crippen LogP contribution >= 0.6 is 0 Å². The molecular formula is C15H23N3O2. The number of likely N-dealkylation sites (N-methyl/N-ethyl adjacent to an activating group) is 1. The minimum Gasteiger partial charge on any atom is -0.356 e. The van der Waals surface area contributed by atoms with Crippen molar-refractivity contribution in [1.82, 2.24) is 5.32 Å². The van der Waals surface area contributed by atoms with Crippen molar-refractivity contribution in [3.63, 3.8) is 0 Å². The monoisotopic (exact) mass is 277 g/mol. The third-order valence-corrected chi connectivity index (χ3v) is 2.90. The molecule has 0 aromatic heterocycles. The lowest BCUT2D eigenvalue weighted by Crippen LogP contribution is -2.35. The molecule has 1 aromatic carbocycles. The van der Waals surface area contributed by atoms with E-state index < -0.39 is 6.04 Å². The summed E-state index contributed by atoms with van der Waals surface area (Å²) in [6.45, 7) is 4.50. The van der Waals surface area contributed by atoms with Gasteiger partial charge in [0.15, 0.2) is 0 Å². The topological polar surface area (TPSA) is 84.2 Å². The molecule has 5 heteroatoms. The smallest absolute Gasteiger partial charge is 0.241 e. The Morgan fingerprint density at radius 3 is 2.40 bits per heavy atom. The van der Waals surface area contributed by atoms with E-state index in [0.29, 0.717) is 25.1 Å². The molecule has 1 aromatic rings. The summed E-state index contributed by atoms with van der Waals surface area (Å²) in [7, 11) is 0. The van der Waals surface area contributed by atoms with Crippen molar-refractivity contribution in [2.24, 2.45) is 5.73 Å². The minimum atomic E-state index is -0.477. The van der Waals surface area contributed by atoms with E-state index >= 15 is 0 Å². The summed E-state index contributed by atoms with van der Waals surface area (Å²) in [5.74, 6) is -0.183. The molecule has 20 heavy (non-hydrogen) atoms. The fraction of sp³-hybridized carbons (Fsp3) is 0.467. The van der Waals surface area contributed by atoms with E-state index in [2.05, 4.69) is 10.6 Å². The van der Waals surface area contributed by atoms with Gasteiger partial charge in [-0.3, -0.25) is 9.59 Å². The number of hydrogen-bond acceptors (Lipinski definition) is 3. The number of benzene rings is 1. The number of amides is 2. The van der Waals surface area contributed by atoms with Crippen LogP contribution in [0.2, 0.25) is 0 Å². The van der Waals surface area contributed by atoms with Crippen LogP contribution in [0.3, 0.4) is 0 Å². The van der Waals surface area contributed by atoms with Crippen LogP contribution in [-0.4, -0.2) is 24.4 Å². The van der Waals surface area contributed by atoms with Gasteiger partial charge in [0.05, 0.1) is 12.5 Å². The molecule has 5 nitrogen and oxygen atoms in total. The van der Waals surface area contributed by atoms with Crippen LogP contribution < -0.4 is 16.4 Å². The molecule has 0 fully saturated rings. The predicted octanol–water partition coefficient (Wildman–Crippen LogP) is 1.43. The Bertz CT molecular complexity index is 443. The van der Waals surface area contributed by atoms with Crippen LogP contribution in [0.4, 0.5) is 5.69 Å². The first-order chi connectivity index (χ1) is 9.56. The fourth-order valence-corrected chi connectivity index (χ4v) is 1.83. The molecule has 110 valence electrons. The number of carbonyl (C=O) groups excluding carboxylic acids is 2. The first-order valence-corrected chi connectivity index (χ1v) is 6.98. The van der Waals surface area contributed by atoms with Crippen molar-refractivity contribution in [2.45, 2.75) is 39.2 Å².